The van der Waals surface area contributed by atoms with Gasteiger partial charge in [0.1, 0.15) is 0 Å². The first kappa shape index (κ1) is 49.1. The largest absolute Gasteiger partial charge is 0.309 e. The Morgan fingerprint density at radius 1 is 0.221 bits per heavy atom. The van der Waals surface area contributed by atoms with Crippen molar-refractivity contribution < 1.29 is 0 Å². The van der Waals surface area contributed by atoms with Gasteiger partial charge in [-0.1, -0.05) is 255 Å². The van der Waals surface area contributed by atoms with E-state index >= 15 is 0 Å². The van der Waals surface area contributed by atoms with Crippen LogP contribution in [-0.4, -0.2) is 34.5 Å². The normalized spacial score (nSPS) is 12.5. The molecule has 2 aliphatic carbocycles. The van der Waals surface area contributed by atoms with Gasteiger partial charge in [0.05, 0.1) is 16.4 Å². The molecule has 3 aromatic heterocycles. The SMILES string of the molecule is c1ccc(-c2ccc3c(c2)c2c(-c4cccc(-c5nc(-c6ccccc6)nc(-c6cccc(-c7nc(-c8ccccc8)nc(-c8ccccc8)n7)c6)n5)c4)cccc2n3-c2ccc3c(c2)C2(c4ccccc4-c4ccccc42)c2ccccc2-3)cc1. The van der Waals surface area contributed by atoms with Crippen molar-refractivity contribution in [2.45, 2.75) is 5.41 Å². The summed E-state index contributed by atoms with van der Waals surface area (Å²) >= 11 is 0. The van der Waals surface area contributed by atoms with E-state index in [2.05, 4.69) is 193 Å². The molecular weight excluding hydrogens is 1050 g/mol. The van der Waals surface area contributed by atoms with E-state index in [1.165, 1.54) is 44.5 Å². The number of rotatable bonds is 9. The molecule has 0 saturated carbocycles. The average Bonchev–Trinajstić information content (AvgIpc) is 1.55. The van der Waals surface area contributed by atoms with Crippen molar-refractivity contribution in [1.29, 1.82) is 0 Å². The highest BCUT2D eigenvalue weighted by atomic mass is 15.0. The van der Waals surface area contributed by atoms with Crippen LogP contribution in [0, 0.1) is 0 Å². The van der Waals surface area contributed by atoms with E-state index in [1.807, 2.05) is 109 Å². The fourth-order valence-electron chi connectivity index (χ4n) is 13.5. The molecule has 0 atom stereocenters. The summed E-state index contributed by atoms with van der Waals surface area (Å²) in [4.78, 5) is 30.8. The molecule has 17 rings (SSSR count). The Bertz CT molecular complexity index is 5050. The molecule has 0 radical (unpaired) electrons. The molecule has 0 N–H and O–H groups in total. The molecular formula is C79H49N7. The summed E-state index contributed by atoms with van der Waals surface area (Å²) in [5.41, 5.74) is 22.9. The van der Waals surface area contributed by atoms with E-state index < -0.39 is 5.41 Å². The summed E-state index contributed by atoms with van der Waals surface area (Å²) in [5, 5.41) is 2.32. The summed E-state index contributed by atoms with van der Waals surface area (Å²) < 4.78 is 2.48. The molecule has 12 aromatic carbocycles. The van der Waals surface area contributed by atoms with Gasteiger partial charge in [0, 0.05) is 49.8 Å². The van der Waals surface area contributed by atoms with Gasteiger partial charge >= 0.3 is 0 Å². The maximum absolute atomic E-state index is 5.32. The number of nitrogens with zero attached hydrogens (tertiary/aromatic N) is 7. The summed E-state index contributed by atoms with van der Waals surface area (Å²) in [6.07, 6.45) is 0. The maximum atomic E-state index is 5.32. The second kappa shape index (κ2) is 19.8. The lowest BCUT2D eigenvalue weighted by Gasteiger charge is -2.30. The van der Waals surface area contributed by atoms with Crippen molar-refractivity contribution in [3.8, 4) is 119 Å². The molecule has 7 nitrogen and oxygen atoms in total. The lowest BCUT2D eigenvalue weighted by molar-refractivity contribution is 0.792. The topological polar surface area (TPSA) is 82.3 Å². The third-order valence-corrected chi connectivity index (χ3v) is 17.3. The highest BCUT2D eigenvalue weighted by molar-refractivity contribution is 6.17. The van der Waals surface area contributed by atoms with Crippen LogP contribution in [0.4, 0.5) is 0 Å². The first-order chi connectivity index (χ1) is 42.6. The van der Waals surface area contributed by atoms with Crippen molar-refractivity contribution >= 4 is 21.8 Å². The predicted octanol–water partition coefficient (Wildman–Crippen LogP) is 18.8. The molecule has 0 bridgehead atoms. The first-order valence-electron chi connectivity index (χ1n) is 29.1. The van der Waals surface area contributed by atoms with Crippen LogP contribution in [0.2, 0.25) is 0 Å². The summed E-state index contributed by atoms with van der Waals surface area (Å²) in [6.45, 7) is 0. The predicted molar refractivity (Wildman–Crippen MR) is 347 cm³/mol. The number of benzene rings is 12. The van der Waals surface area contributed by atoms with E-state index in [4.69, 9.17) is 29.9 Å². The zero-order valence-electron chi connectivity index (χ0n) is 46.4. The molecule has 0 aliphatic heterocycles. The van der Waals surface area contributed by atoms with Crippen molar-refractivity contribution in [2.75, 3.05) is 0 Å². The summed E-state index contributed by atoms with van der Waals surface area (Å²) in [5.74, 6) is 3.40. The van der Waals surface area contributed by atoms with E-state index in [-0.39, 0.29) is 0 Å². The van der Waals surface area contributed by atoms with E-state index in [9.17, 15) is 0 Å². The summed E-state index contributed by atoms with van der Waals surface area (Å²) in [7, 11) is 0. The standard InChI is InChI=1S/C79H49N7/c1-5-22-50(23-6-1)54-42-45-70-65(48-54)72-60(37-21-41-71(72)86(70)59-43-44-64-63-36-15-18-40-68(63)79(69(64)49-59)66-38-16-13-34-61(66)62-35-14-17-39-67(62)79)55-30-19-31-56(46-55)76-83-75(53-28-11-4-12-29-53)84-78(85-76)58-33-20-32-57(47-58)77-81-73(51-24-7-2-8-25-51)80-74(82-77)52-26-9-3-10-27-52/h1-49H. The van der Waals surface area contributed by atoms with Crippen LogP contribution in [0.5, 0.6) is 0 Å². The van der Waals surface area contributed by atoms with Gasteiger partial charge in [-0.3, -0.25) is 0 Å². The van der Waals surface area contributed by atoms with Crippen LogP contribution in [0.1, 0.15) is 22.3 Å². The van der Waals surface area contributed by atoms with Crippen LogP contribution in [0.3, 0.4) is 0 Å². The Morgan fingerprint density at radius 2 is 0.593 bits per heavy atom. The zero-order chi connectivity index (χ0) is 56.7. The highest BCUT2D eigenvalue weighted by Gasteiger charge is 2.51. The average molecular weight is 1100 g/mol. The molecule has 0 unspecified atom stereocenters. The van der Waals surface area contributed by atoms with Gasteiger partial charge in [0.15, 0.2) is 34.9 Å². The van der Waals surface area contributed by atoms with Crippen LogP contribution in [0.25, 0.3) is 140 Å². The monoisotopic (exact) mass is 1100 g/mol. The smallest absolute Gasteiger partial charge is 0.164 e. The molecule has 3 heterocycles. The fraction of sp³-hybridized carbons (Fsp3) is 0.0127. The van der Waals surface area contributed by atoms with Crippen LogP contribution >= 0.6 is 0 Å². The Hall–Kier alpha value is -11.5. The molecule has 400 valence electrons. The lowest BCUT2D eigenvalue weighted by atomic mass is 9.70. The molecule has 2 aliphatic rings. The van der Waals surface area contributed by atoms with Gasteiger partial charge in [0.2, 0.25) is 0 Å². The molecule has 7 heteroatoms. The van der Waals surface area contributed by atoms with Gasteiger partial charge in [0.25, 0.3) is 0 Å². The molecule has 0 amide bonds. The third-order valence-electron chi connectivity index (χ3n) is 17.3. The van der Waals surface area contributed by atoms with Crippen LogP contribution in [-0.2, 0) is 5.41 Å². The second-order valence-corrected chi connectivity index (χ2v) is 22.1. The summed E-state index contributed by atoms with van der Waals surface area (Å²) in [6, 6.07) is 106. The minimum atomic E-state index is -0.481. The minimum absolute atomic E-state index is 0.481. The first-order valence-corrected chi connectivity index (χ1v) is 29.1. The van der Waals surface area contributed by atoms with E-state index in [0.29, 0.717) is 34.9 Å². The van der Waals surface area contributed by atoms with Crippen molar-refractivity contribution in [3.05, 3.63) is 320 Å². The van der Waals surface area contributed by atoms with E-state index in [0.717, 1.165) is 83.1 Å². The van der Waals surface area contributed by atoms with Crippen LogP contribution < -0.4 is 0 Å². The Kier molecular flexibility index (Phi) is 11.3. The fourth-order valence-corrected chi connectivity index (χ4v) is 13.5. The Balaban J connectivity index is 0.828. The number of fused-ring (bicyclic) bond motifs is 13. The van der Waals surface area contributed by atoms with Gasteiger partial charge < -0.3 is 4.57 Å². The number of hydrogen-bond acceptors (Lipinski definition) is 6. The Morgan fingerprint density at radius 3 is 1.08 bits per heavy atom. The van der Waals surface area contributed by atoms with Crippen molar-refractivity contribution in [2.24, 2.45) is 0 Å². The molecule has 0 saturated heterocycles. The molecule has 1 spiro atoms. The second-order valence-electron chi connectivity index (χ2n) is 22.1. The number of aromatic nitrogens is 7. The molecule has 86 heavy (non-hydrogen) atoms. The van der Waals surface area contributed by atoms with Gasteiger partial charge in [-0.2, -0.15) is 0 Å². The van der Waals surface area contributed by atoms with Crippen molar-refractivity contribution in [1.82, 2.24) is 34.5 Å². The van der Waals surface area contributed by atoms with Gasteiger partial charge in [-0.25, -0.2) is 29.9 Å². The molecule has 0 fully saturated rings. The highest BCUT2D eigenvalue weighted by Crippen LogP contribution is 2.63. The number of hydrogen-bond donors (Lipinski definition) is 0. The van der Waals surface area contributed by atoms with Gasteiger partial charge in [-0.15, -0.1) is 0 Å². The molecule has 15 aromatic rings. The van der Waals surface area contributed by atoms with Gasteiger partial charge in [-0.05, 0) is 109 Å². The Labute approximate surface area is 497 Å². The van der Waals surface area contributed by atoms with Crippen molar-refractivity contribution in [3.63, 3.8) is 0 Å². The lowest BCUT2D eigenvalue weighted by Crippen LogP contribution is -2.26. The quantitative estimate of drug-likeness (QED) is 0.143. The van der Waals surface area contributed by atoms with E-state index in [1.54, 1.807) is 0 Å². The minimum Gasteiger partial charge on any atom is -0.309 e. The maximum Gasteiger partial charge on any atom is 0.164 e. The third kappa shape index (κ3) is 7.82. The van der Waals surface area contributed by atoms with Crippen LogP contribution in [0.15, 0.2) is 297 Å². The zero-order valence-corrected chi connectivity index (χ0v) is 46.4.